The van der Waals surface area contributed by atoms with Gasteiger partial charge in [0.05, 0.1) is 5.60 Å². The molecule has 0 aliphatic carbocycles. The molecule has 0 amide bonds. The van der Waals surface area contributed by atoms with Crippen molar-refractivity contribution in [2.24, 2.45) is 0 Å². The predicted octanol–water partition coefficient (Wildman–Crippen LogP) is 1.76. The Hall–Kier alpha value is -0.0400. The Labute approximate surface area is 51.7 Å². The van der Waals surface area contributed by atoms with Gasteiger partial charge in [-0.2, -0.15) is 0 Å². The summed E-state index contributed by atoms with van der Waals surface area (Å²) in [4.78, 5) is 0. The van der Waals surface area contributed by atoms with Crippen molar-refractivity contribution in [3.05, 3.63) is 6.42 Å². The summed E-state index contributed by atoms with van der Waals surface area (Å²) in [7, 11) is 0. The summed E-state index contributed by atoms with van der Waals surface area (Å²) >= 11 is 0. The van der Waals surface area contributed by atoms with E-state index in [0.29, 0.717) is 0 Å². The first-order chi connectivity index (χ1) is 3.68. The molecule has 1 nitrogen and oxygen atoms in total. The summed E-state index contributed by atoms with van der Waals surface area (Å²) in [5.74, 6) is 0. The van der Waals surface area contributed by atoms with Crippen molar-refractivity contribution in [2.45, 2.75) is 39.2 Å². The van der Waals surface area contributed by atoms with Crippen molar-refractivity contribution >= 4 is 0 Å². The average Bonchev–Trinajstić information content (AvgIpc) is 1.87. The van der Waals surface area contributed by atoms with E-state index >= 15 is 0 Å². The van der Waals surface area contributed by atoms with Gasteiger partial charge < -0.3 is 5.11 Å². The third kappa shape index (κ3) is 1.83. The van der Waals surface area contributed by atoms with E-state index in [1.54, 1.807) is 0 Å². The van der Waals surface area contributed by atoms with Crippen LogP contribution in [0.15, 0.2) is 0 Å². The average molecular weight is 115 g/mol. The lowest BCUT2D eigenvalue weighted by atomic mass is 9.95. The Morgan fingerprint density at radius 2 is 1.75 bits per heavy atom. The molecule has 0 aromatic carbocycles. The van der Waals surface area contributed by atoms with E-state index in [0.717, 1.165) is 12.8 Å². The van der Waals surface area contributed by atoms with Gasteiger partial charge in [0.2, 0.25) is 0 Å². The maximum absolute atomic E-state index is 9.38. The third-order valence-corrected chi connectivity index (χ3v) is 1.76. The second-order valence-electron chi connectivity index (χ2n) is 2.10. The van der Waals surface area contributed by atoms with Gasteiger partial charge in [-0.3, -0.25) is 0 Å². The molecule has 0 aromatic rings. The highest BCUT2D eigenvalue weighted by atomic mass is 16.3. The van der Waals surface area contributed by atoms with Gasteiger partial charge in [-0.05, 0) is 19.3 Å². The second-order valence-corrected chi connectivity index (χ2v) is 2.10. The van der Waals surface area contributed by atoms with E-state index in [1.807, 2.05) is 27.2 Å². The van der Waals surface area contributed by atoms with E-state index < -0.39 is 5.60 Å². The fraction of sp³-hybridized carbons (Fsp3) is 0.857. The summed E-state index contributed by atoms with van der Waals surface area (Å²) in [6.45, 7) is 5.88. The SMILES string of the molecule is C[CH]C(O)(CC)CC. The highest BCUT2D eigenvalue weighted by Crippen LogP contribution is 2.16. The van der Waals surface area contributed by atoms with Crippen LogP contribution in [-0.4, -0.2) is 10.7 Å². The van der Waals surface area contributed by atoms with Crippen LogP contribution in [0.4, 0.5) is 0 Å². The molecule has 8 heavy (non-hydrogen) atoms. The first-order valence-electron chi connectivity index (χ1n) is 3.21. The van der Waals surface area contributed by atoms with Crippen molar-refractivity contribution < 1.29 is 5.11 Å². The standard InChI is InChI=1S/C7H15O/c1-4-7(8,5-2)6-3/h4,8H,5-6H2,1-3H3. The van der Waals surface area contributed by atoms with Crippen LogP contribution in [-0.2, 0) is 0 Å². The Morgan fingerprint density at radius 1 is 1.38 bits per heavy atom. The Morgan fingerprint density at radius 3 is 1.75 bits per heavy atom. The molecule has 0 fully saturated rings. The van der Waals surface area contributed by atoms with Crippen LogP contribution < -0.4 is 0 Å². The van der Waals surface area contributed by atoms with Crippen LogP contribution in [0.5, 0.6) is 0 Å². The smallest absolute Gasteiger partial charge is 0.0671 e. The molecule has 1 radical (unpaired) electrons. The van der Waals surface area contributed by atoms with Crippen LogP contribution in [0.3, 0.4) is 0 Å². The molecule has 0 bridgehead atoms. The van der Waals surface area contributed by atoms with Gasteiger partial charge in [0.25, 0.3) is 0 Å². The molecule has 1 N–H and O–H groups in total. The minimum atomic E-state index is -0.500. The Balaban J connectivity index is 3.58. The molecule has 0 atom stereocenters. The molecule has 0 aliphatic heterocycles. The monoisotopic (exact) mass is 115 g/mol. The molecular weight excluding hydrogens is 100 g/mol. The van der Waals surface area contributed by atoms with Gasteiger partial charge in [0.15, 0.2) is 0 Å². The zero-order valence-electron chi connectivity index (χ0n) is 5.94. The highest BCUT2D eigenvalue weighted by Gasteiger charge is 2.18. The zero-order chi connectivity index (χ0) is 6.62. The number of aliphatic hydroxyl groups is 1. The van der Waals surface area contributed by atoms with Gasteiger partial charge in [0.1, 0.15) is 0 Å². The van der Waals surface area contributed by atoms with Crippen LogP contribution >= 0.6 is 0 Å². The summed E-state index contributed by atoms with van der Waals surface area (Å²) in [5, 5.41) is 9.38. The van der Waals surface area contributed by atoms with E-state index in [9.17, 15) is 5.11 Å². The lowest BCUT2D eigenvalue weighted by Crippen LogP contribution is -2.25. The van der Waals surface area contributed by atoms with Crippen LogP contribution in [0.1, 0.15) is 33.6 Å². The van der Waals surface area contributed by atoms with E-state index in [2.05, 4.69) is 0 Å². The quantitative estimate of drug-likeness (QED) is 0.594. The maximum Gasteiger partial charge on any atom is 0.0671 e. The zero-order valence-corrected chi connectivity index (χ0v) is 5.94. The third-order valence-electron chi connectivity index (χ3n) is 1.76. The fourth-order valence-corrected chi connectivity index (χ4v) is 0.658. The molecule has 0 aromatic heterocycles. The molecule has 0 saturated heterocycles. The van der Waals surface area contributed by atoms with Gasteiger partial charge in [-0.1, -0.05) is 20.8 Å². The van der Waals surface area contributed by atoms with Crippen molar-refractivity contribution in [3.8, 4) is 0 Å². The van der Waals surface area contributed by atoms with Crippen molar-refractivity contribution in [2.75, 3.05) is 0 Å². The minimum Gasteiger partial charge on any atom is -0.390 e. The van der Waals surface area contributed by atoms with Crippen molar-refractivity contribution in [3.63, 3.8) is 0 Å². The normalized spacial score (nSPS) is 12.0. The largest absolute Gasteiger partial charge is 0.390 e. The Bertz CT molecular complexity index is 47.1. The number of hydrogen-bond acceptors (Lipinski definition) is 1. The van der Waals surface area contributed by atoms with Gasteiger partial charge in [0, 0.05) is 0 Å². The molecule has 0 spiro atoms. The van der Waals surface area contributed by atoms with Gasteiger partial charge >= 0.3 is 0 Å². The molecule has 1 heteroatoms. The van der Waals surface area contributed by atoms with E-state index in [1.165, 1.54) is 0 Å². The fourth-order valence-electron chi connectivity index (χ4n) is 0.658. The molecule has 0 heterocycles. The van der Waals surface area contributed by atoms with Crippen molar-refractivity contribution in [1.82, 2.24) is 0 Å². The van der Waals surface area contributed by atoms with Crippen molar-refractivity contribution in [1.29, 1.82) is 0 Å². The van der Waals surface area contributed by atoms with Crippen LogP contribution in [0, 0.1) is 6.42 Å². The van der Waals surface area contributed by atoms with Gasteiger partial charge in [-0.25, -0.2) is 0 Å². The molecule has 49 valence electrons. The topological polar surface area (TPSA) is 20.2 Å². The molecule has 0 saturated carbocycles. The Kier molecular flexibility index (Phi) is 3.06. The summed E-state index contributed by atoms with van der Waals surface area (Å²) in [5.41, 5.74) is -0.500. The van der Waals surface area contributed by atoms with Gasteiger partial charge in [-0.15, -0.1) is 0 Å². The van der Waals surface area contributed by atoms with Crippen LogP contribution in [0.25, 0.3) is 0 Å². The first kappa shape index (κ1) is 7.96. The number of rotatable bonds is 3. The van der Waals surface area contributed by atoms with E-state index in [4.69, 9.17) is 0 Å². The maximum atomic E-state index is 9.38. The summed E-state index contributed by atoms with van der Waals surface area (Å²) in [6, 6.07) is 0. The molecule has 0 aliphatic rings. The van der Waals surface area contributed by atoms with Crippen LogP contribution in [0.2, 0.25) is 0 Å². The highest BCUT2D eigenvalue weighted by molar-refractivity contribution is 4.86. The first-order valence-corrected chi connectivity index (χ1v) is 3.21. The molecule has 0 unspecified atom stereocenters. The number of hydrogen-bond donors (Lipinski definition) is 1. The lowest BCUT2D eigenvalue weighted by Gasteiger charge is -2.21. The lowest BCUT2D eigenvalue weighted by molar-refractivity contribution is 0.0662. The molecule has 0 rings (SSSR count). The summed E-state index contributed by atoms with van der Waals surface area (Å²) in [6.07, 6.45) is 3.49. The summed E-state index contributed by atoms with van der Waals surface area (Å²) < 4.78 is 0. The predicted molar refractivity (Wildman–Crippen MR) is 35.5 cm³/mol. The second kappa shape index (κ2) is 3.08. The molecular formula is C7H15O. The minimum absolute atomic E-state index is 0.500. The van der Waals surface area contributed by atoms with E-state index in [-0.39, 0.29) is 0 Å².